The summed E-state index contributed by atoms with van der Waals surface area (Å²) in [4.78, 5) is 21.0. The molecule has 0 saturated heterocycles. The molecule has 0 aromatic rings. The lowest BCUT2D eigenvalue weighted by atomic mass is 10.2. The highest BCUT2D eigenvalue weighted by molar-refractivity contribution is 7.88. The molecule has 0 radical (unpaired) electrons. The van der Waals surface area contributed by atoms with Crippen LogP contribution in [0.25, 0.3) is 0 Å². The van der Waals surface area contributed by atoms with Gasteiger partial charge in [0.15, 0.2) is 0 Å². The SMILES string of the molecule is CC(=O)CC(NS(C)(=O)=O)C(=O)O. The van der Waals surface area contributed by atoms with Gasteiger partial charge in [-0.25, -0.2) is 13.1 Å². The first-order valence-corrected chi connectivity index (χ1v) is 5.31. The van der Waals surface area contributed by atoms with E-state index in [0.29, 0.717) is 0 Å². The Morgan fingerprint density at radius 3 is 2.15 bits per heavy atom. The predicted octanol–water partition coefficient (Wildman–Crippen LogP) is -1.03. The summed E-state index contributed by atoms with van der Waals surface area (Å²) in [6.45, 7) is 1.19. The summed E-state index contributed by atoms with van der Waals surface area (Å²) >= 11 is 0. The van der Waals surface area contributed by atoms with Gasteiger partial charge in [-0.1, -0.05) is 0 Å². The van der Waals surface area contributed by atoms with Crippen LogP contribution in [0.3, 0.4) is 0 Å². The van der Waals surface area contributed by atoms with Gasteiger partial charge in [-0.15, -0.1) is 0 Å². The smallest absolute Gasteiger partial charge is 0.322 e. The predicted molar refractivity (Wildman–Crippen MR) is 44.7 cm³/mol. The molecule has 0 saturated carbocycles. The number of hydrogen-bond acceptors (Lipinski definition) is 4. The topological polar surface area (TPSA) is 101 Å². The van der Waals surface area contributed by atoms with Gasteiger partial charge in [0.25, 0.3) is 0 Å². The Kier molecular flexibility index (Phi) is 4.02. The molecule has 0 amide bonds. The number of carbonyl (C=O) groups excluding carboxylic acids is 1. The monoisotopic (exact) mass is 209 g/mol. The van der Waals surface area contributed by atoms with Gasteiger partial charge in [-0.05, 0) is 6.92 Å². The first-order valence-electron chi connectivity index (χ1n) is 3.42. The molecule has 13 heavy (non-hydrogen) atoms. The quantitative estimate of drug-likeness (QED) is 0.602. The van der Waals surface area contributed by atoms with Crippen molar-refractivity contribution in [3.05, 3.63) is 0 Å². The Hall–Kier alpha value is -0.950. The lowest BCUT2D eigenvalue weighted by molar-refractivity contribution is -0.140. The summed E-state index contributed by atoms with van der Waals surface area (Å²) in [7, 11) is -3.60. The van der Waals surface area contributed by atoms with Gasteiger partial charge in [0.1, 0.15) is 11.8 Å². The van der Waals surface area contributed by atoms with Gasteiger partial charge < -0.3 is 5.11 Å². The first kappa shape index (κ1) is 12.0. The summed E-state index contributed by atoms with van der Waals surface area (Å²) in [5, 5.41) is 8.51. The third kappa shape index (κ3) is 6.23. The minimum absolute atomic E-state index is 0.345. The van der Waals surface area contributed by atoms with Gasteiger partial charge in [0, 0.05) is 6.42 Å². The Morgan fingerprint density at radius 2 is 1.92 bits per heavy atom. The average Bonchev–Trinajstić information content (AvgIpc) is 1.81. The molecule has 76 valence electrons. The number of carbonyl (C=O) groups is 2. The molecule has 1 atom stereocenters. The molecule has 0 aromatic heterocycles. The first-order chi connectivity index (χ1) is 5.72. The number of carboxylic acid groups (broad SMARTS) is 1. The Morgan fingerprint density at radius 1 is 1.46 bits per heavy atom. The molecule has 0 fully saturated rings. The number of aliphatic carboxylic acids is 1. The van der Waals surface area contributed by atoms with E-state index in [2.05, 4.69) is 0 Å². The van der Waals surface area contributed by atoms with Crippen molar-refractivity contribution in [3.8, 4) is 0 Å². The second kappa shape index (κ2) is 4.33. The highest BCUT2D eigenvalue weighted by Gasteiger charge is 2.22. The van der Waals surface area contributed by atoms with Crippen LogP contribution in [0.15, 0.2) is 0 Å². The number of ketones is 1. The highest BCUT2D eigenvalue weighted by Crippen LogP contribution is 1.95. The maximum atomic E-state index is 10.6. The zero-order valence-corrected chi connectivity index (χ0v) is 8.09. The fraction of sp³-hybridized carbons (Fsp3) is 0.667. The number of carboxylic acids is 1. The van der Waals surface area contributed by atoms with Crippen LogP contribution < -0.4 is 4.72 Å². The highest BCUT2D eigenvalue weighted by atomic mass is 32.2. The van der Waals surface area contributed by atoms with Crippen molar-refractivity contribution < 1.29 is 23.1 Å². The maximum Gasteiger partial charge on any atom is 0.322 e. The summed E-state index contributed by atoms with van der Waals surface area (Å²) in [5.74, 6) is -1.75. The minimum Gasteiger partial charge on any atom is -0.480 e. The second-order valence-corrected chi connectivity index (χ2v) is 4.47. The largest absolute Gasteiger partial charge is 0.480 e. The van der Waals surface area contributed by atoms with E-state index in [-0.39, 0.29) is 12.2 Å². The number of sulfonamides is 1. The number of rotatable bonds is 5. The maximum absolute atomic E-state index is 10.6. The normalized spacial score (nSPS) is 13.7. The molecule has 0 heterocycles. The van der Waals surface area contributed by atoms with E-state index < -0.39 is 22.0 Å². The zero-order valence-electron chi connectivity index (χ0n) is 7.27. The van der Waals surface area contributed by atoms with Crippen molar-refractivity contribution in [2.24, 2.45) is 0 Å². The van der Waals surface area contributed by atoms with E-state index in [1.807, 2.05) is 4.72 Å². The molecule has 0 aliphatic rings. The van der Waals surface area contributed by atoms with Crippen molar-refractivity contribution in [1.29, 1.82) is 0 Å². The Labute approximate surface area is 76.0 Å². The molecule has 1 unspecified atom stereocenters. The molecule has 0 bridgehead atoms. The second-order valence-electron chi connectivity index (χ2n) is 2.69. The molecular weight excluding hydrogens is 198 g/mol. The Bertz CT molecular complexity index is 307. The van der Waals surface area contributed by atoms with Crippen LogP contribution in [0.1, 0.15) is 13.3 Å². The number of hydrogen-bond donors (Lipinski definition) is 2. The van der Waals surface area contributed by atoms with Gasteiger partial charge >= 0.3 is 5.97 Å². The van der Waals surface area contributed by atoms with E-state index in [1.165, 1.54) is 6.92 Å². The fourth-order valence-corrected chi connectivity index (χ4v) is 1.43. The van der Waals surface area contributed by atoms with Gasteiger partial charge in [-0.2, -0.15) is 0 Å². The Balaban J connectivity index is 4.45. The lowest BCUT2D eigenvalue weighted by Gasteiger charge is -2.10. The summed E-state index contributed by atoms with van der Waals surface area (Å²) in [6, 6.07) is -1.37. The van der Waals surface area contributed by atoms with Crippen molar-refractivity contribution in [2.75, 3.05) is 6.26 Å². The number of nitrogens with one attached hydrogen (secondary N) is 1. The van der Waals surface area contributed by atoms with Gasteiger partial charge in [0.05, 0.1) is 6.26 Å². The van der Waals surface area contributed by atoms with Crippen LogP contribution in [-0.2, 0) is 19.6 Å². The van der Waals surface area contributed by atoms with Crippen LogP contribution in [0, 0.1) is 0 Å². The standard InChI is InChI=1S/C6H11NO5S/c1-4(8)3-5(6(9)10)7-13(2,11)12/h5,7H,3H2,1-2H3,(H,9,10). The van der Waals surface area contributed by atoms with Crippen molar-refractivity contribution in [1.82, 2.24) is 4.72 Å². The van der Waals surface area contributed by atoms with Crippen LogP contribution in [-0.4, -0.2) is 37.6 Å². The molecule has 7 heteroatoms. The van der Waals surface area contributed by atoms with Crippen molar-refractivity contribution in [2.45, 2.75) is 19.4 Å². The minimum atomic E-state index is -3.60. The molecule has 0 rings (SSSR count). The summed E-state index contributed by atoms with van der Waals surface area (Å²) in [5.41, 5.74) is 0. The third-order valence-electron chi connectivity index (χ3n) is 1.15. The van der Waals surface area contributed by atoms with E-state index in [1.54, 1.807) is 0 Å². The van der Waals surface area contributed by atoms with Crippen molar-refractivity contribution >= 4 is 21.8 Å². The molecule has 0 spiro atoms. The fourth-order valence-electron chi connectivity index (χ4n) is 0.725. The summed E-state index contributed by atoms with van der Waals surface area (Å²) < 4.78 is 23.1. The van der Waals surface area contributed by atoms with Gasteiger partial charge in [-0.3, -0.25) is 9.59 Å². The lowest BCUT2D eigenvalue weighted by Crippen LogP contribution is -2.41. The van der Waals surface area contributed by atoms with Gasteiger partial charge in [0.2, 0.25) is 10.0 Å². The van der Waals surface area contributed by atoms with E-state index in [4.69, 9.17) is 5.11 Å². The van der Waals surface area contributed by atoms with E-state index >= 15 is 0 Å². The molecule has 0 aliphatic heterocycles. The third-order valence-corrected chi connectivity index (χ3v) is 1.86. The molecular formula is C6H11NO5S. The zero-order chi connectivity index (χ0) is 10.6. The van der Waals surface area contributed by atoms with Crippen molar-refractivity contribution in [3.63, 3.8) is 0 Å². The molecule has 0 aliphatic carbocycles. The van der Waals surface area contributed by atoms with Crippen LogP contribution in [0.2, 0.25) is 0 Å². The van der Waals surface area contributed by atoms with E-state index in [9.17, 15) is 18.0 Å². The molecule has 2 N–H and O–H groups in total. The average molecular weight is 209 g/mol. The van der Waals surface area contributed by atoms with Crippen LogP contribution in [0.5, 0.6) is 0 Å². The van der Waals surface area contributed by atoms with Crippen LogP contribution >= 0.6 is 0 Å². The molecule has 0 aromatic carbocycles. The van der Waals surface area contributed by atoms with E-state index in [0.717, 1.165) is 6.26 Å². The number of Topliss-reactive ketones (excluding diaryl/α,β-unsaturated/α-hetero) is 1. The molecule has 6 nitrogen and oxygen atoms in total. The summed E-state index contributed by atoms with van der Waals surface area (Å²) in [6.07, 6.45) is 0.492. The van der Waals surface area contributed by atoms with Crippen LogP contribution in [0.4, 0.5) is 0 Å².